The van der Waals surface area contributed by atoms with Crippen LogP contribution in [-0.2, 0) is 0 Å². The third kappa shape index (κ3) is 2.73. The summed E-state index contributed by atoms with van der Waals surface area (Å²) in [6.07, 6.45) is 4.42. The Morgan fingerprint density at radius 1 is 1.04 bits per heavy atom. The van der Waals surface area contributed by atoms with Crippen LogP contribution in [0.2, 0.25) is 0 Å². The first-order valence-electron chi connectivity index (χ1n) is 8.72. The van der Waals surface area contributed by atoms with E-state index in [1.54, 1.807) is 14.2 Å². The third-order valence-electron chi connectivity index (χ3n) is 4.86. The van der Waals surface area contributed by atoms with Gasteiger partial charge >= 0.3 is 0 Å². The summed E-state index contributed by atoms with van der Waals surface area (Å²) in [7, 11) is 3.32. The molecular formula is C20H23N3O2. The van der Waals surface area contributed by atoms with Gasteiger partial charge < -0.3 is 9.47 Å². The van der Waals surface area contributed by atoms with Gasteiger partial charge in [-0.05, 0) is 42.3 Å². The minimum absolute atomic E-state index is 0.316. The van der Waals surface area contributed by atoms with Gasteiger partial charge in [0.15, 0.2) is 11.5 Å². The number of pyridine rings is 1. The average molecular weight is 337 g/mol. The van der Waals surface area contributed by atoms with Crippen LogP contribution in [0.5, 0.6) is 11.5 Å². The van der Waals surface area contributed by atoms with Crippen molar-refractivity contribution in [1.82, 2.24) is 15.2 Å². The van der Waals surface area contributed by atoms with E-state index in [2.05, 4.69) is 30.1 Å². The van der Waals surface area contributed by atoms with Crippen LogP contribution in [0.25, 0.3) is 22.0 Å². The molecule has 1 fully saturated rings. The van der Waals surface area contributed by atoms with E-state index in [4.69, 9.17) is 14.5 Å². The molecule has 0 radical (unpaired) electrons. The van der Waals surface area contributed by atoms with Gasteiger partial charge in [0.2, 0.25) is 0 Å². The SMILES string of the molecule is COc1cc2c(-c3cc(C4CC4)[nH]n3)cnc(C(C)C)c2cc1OC. The number of H-pyrrole nitrogens is 1. The Morgan fingerprint density at radius 3 is 2.32 bits per heavy atom. The standard InChI is InChI=1S/C20H23N3O2/c1-11(2)20-14-8-19(25-4)18(24-3)7-13(14)15(10-21-20)17-9-16(22-23-17)12-5-6-12/h7-12H,5-6H2,1-4H3,(H,22,23). The predicted molar refractivity (Wildman–Crippen MR) is 98.5 cm³/mol. The number of fused-ring (bicyclic) bond motifs is 1. The first-order valence-corrected chi connectivity index (χ1v) is 8.72. The molecule has 0 bridgehead atoms. The maximum absolute atomic E-state index is 5.52. The molecule has 1 N–H and O–H groups in total. The van der Waals surface area contributed by atoms with Crippen molar-refractivity contribution < 1.29 is 9.47 Å². The Morgan fingerprint density at radius 2 is 1.72 bits per heavy atom. The second-order valence-corrected chi connectivity index (χ2v) is 6.95. The zero-order chi connectivity index (χ0) is 17.6. The van der Waals surface area contributed by atoms with Gasteiger partial charge in [0.25, 0.3) is 0 Å². The molecule has 5 nitrogen and oxygen atoms in total. The van der Waals surface area contributed by atoms with Gasteiger partial charge in [-0.15, -0.1) is 0 Å². The van der Waals surface area contributed by atoms with Crippen LogP contribution in [0.4, 0.5) is 0 Å². The zero-order valence-electron chi connectivity index (χ0n) is 15.1. The number of nitrogens with one attached hydrogen (secondary N) is 1. The fraction of sp³-hybridized carbons (Fsp3) is 0.400. The largest absolute Gasteiger partial charge is 0.493 e. The fourth-order valence-electron chi connectivity index (χ4n) is 3.33. The molecular weight excluding hydrogens is 314 g/mol. The summed E-state index contributed by atoms with van der Waals surface area (Å²) in [5.41, 5.74) is 4.22. The number of nitrogens with zero attached hydrogens (tertiary/aromatic N) is 2. The lowest BCUT2D eigenvalue weighted by molar-refractivity contribution is 0.356. The highest BCUT2D eigenvalue weighted by atomic mass is 16.5. The van der Waals surface area contributed by atoms with Crippen molar-refractivity contribution in [3.8, 4) is 22.8 Å². The third-order valence-corrected chi connectivity index (χ3v) is 4.86. The maximum atomic E-state index is 5.52. The minimum atomic E-state index is 0.316. The lowest BCUT2D eigenvalue weighted by Crippen LogP contribution is -1.98. The number of aromatic nitrogens is 3. The summed E-state index contributed by atoms with van der Waals surface area (Å²) >= 11 is 0. The van der Waals surface area contributed by atoms with E-state index in [9.17, 15) is 0 Å². The molecule has 0 saturated heterocycles. The van der Waals surface area contributed by atoms with E-state index < -0.39 is 0 Å². The first kappa shape index (κ1) is 15.9. The molecule has 1 aliphatic rings. The number of benzene rings is 1. The summed E-state index contributed by atoms with van der Waals surface area (Å²) in [5, 5.41) is 9.89. The predicted octanol–water partition coefficient (Wildman–Crippen LogP) is 4.64. The maximum Gasteiger partial charge on any atom is 0.161 e. The van der Waals surface area contributed by atoms with E-state index in [1.165, 1.54) is 18.5 Å². The number of aromatic amines is 1. The average Bonchev–Trinajstić information content (AvgIpc) is 3.36. The molecule has 5 heteroatoms. The summed E-state index contributed by atoms with van der Waals surface area (Å²) in [6, 6.07) is 6.21. The number of ether oxygens (including phenoxy) is 2. The van der Waals surface area contributed by atoms with Crippen LogP contribution in [0.3, 0.4) is 0 Å². The van der Waals surface area contributed by atoms with Gasteiger partial charge in [-0.25, -0.2) is 0 Å². The van der Waals surface area contributed by atoms with E-state index in [0.717, 1.165) is 39.2 Å². The normalized spacial score (nSPS) is 14.3. The molecule has 0 spiro atoms. The van der Waals surface area contributed by atoms with E-state index in [1.807, 2.05) is 18.3 Å². The Balaban J connectivity index is 1.95. The lowest BCUT2D eigenvalue weighted by Gasteiger charge is -2.15. The Labute approximate surface area is 147 Å². The smallest absolute Gasteiger partial charge is 0.161 e. The molecule has 0 aliphatic heterocycles. The van der Waals surface area contributed by atoms with Crippen molar-refractivity contribution >= 4 is 10.8 Å². The van der Waals surface area contributed by atoms with E-state index in [-0.39, 0.29) is 0 Å². The zero-order valence-corrected chi connectivity index (χ0v) is 15.1. The Kier molecular flexibility index (Phi) is 3.86. The van der Waals surface area contributed by atoms with Crippen LogP contribution < -0.4 is 9.47 Å². The molecule has 25 heavy (non-hydrogen) atoms. The number of hydrogen-bond donors (Lipinski definition) is 1. The Bertz CT molecular complexity index is 926. The van der Waals surface area contributed by atoms with Gasteiger partial charge in [0.05, 0.1) is 25.6 Å². The van der Waals surface area contributed by atoms with Gasteiger partial charge in [-0.3, -0.25) is 10.1 Å². The molecule has 130 valence electrons. The van der Waals surface area contributed by atoms with Crippen molar-refractivity contribution in [1.29, 1.82) is 0 Å². The van der Waals surface area contributed by atoms with Gasteiger partial charge in [0, 0.05) is 28.8 Å². The summed E-state index contributed by atoms with van der Waals surface area (Å²) in [5.74, 6) is 2.40. The fourth-order valence-corrected chi connectivity index (χ4v) is 3.33. The number of rotatable bonds is 5. The van der Waals surface area contributed by atoms with Crippen LogP contribution in [0, 0.1) is 0 Å². The first-order chi connectivity index (χ1) is 12.1. The topological polar surface area (TPSA) is 60.0 Å². The Hall–Kier alpha value is -2.56. The van der Waals surface area contributed by atoms with Gasteiger partial charge in [-0.1, -0.05) is 13.8 Å². The van der Waals surface area contributed by atoms with E-state index >= 15 is 0 Å². The van der Waals surface area contributed by atoms with Gasteiger partial charge in [0.1, 0.15) is 0 Å². The molecule has 0 atom stereocenters. The van der Waals surface area contributed by atoms with Crippen molar-refractivity contribution in [2.24, 2.45) is 0 Å². The van der Waals surface area contributed by atoms with Crippen molar-refractivity contribution in [2.45, 2.75) is 38.5 Å². The highest BCUT2D eigenvalue weighted by Gasteiger charge is 2.26. The van der Waals surface area contributed by atoms with Crippen molar-refractivity contribution in [2.75, 3.05) is 14.2 Å². The molecule has 1 aliphatic carbocycles. The molecule has 0 unspecified atom stereocenters. The molecule has 1 saturated carbocycles. The quantitative estimate of drug-likeness (QED) is 0.736. The monoisotopic (exact) mass is 337 g/mol. The van der Waals surface area contributed by atoms with Crippen molar-refractivity contribution in [3.63, 3.8) is 0 Å². The molecule has 3 aromatic rings. The lowest BCUT2D eigenvalue weighted by atomic mass is 9.97. The summed E-state index contributed by atoms with van der Waals surface area (Å²) < 4.78 is 11.0. The van der Waals surface area contributed by atoms with Crippen molar-refractivity contribution in [3.05, 3.63) is 35.8 Å². The van der Waals surface area contributed by atoms with Gasteiger partial charge in [-0.2, -0.15) is 5.10 Å². The van der Waals surface area contributed by atoms with Crippen LogP contribution >= 0.6 is 0 Å². The van der Waals surface area contributed by atoms with Crippen LogP contribution in [-0.4, -0.2) is 29.4 Å². The highest BCUT2D eigenvalue weighted by molar-refractivity contribution is 5.99. The summed E-state index contributed by atoms with van der Waals surface area (Å²) in [6.45, 7) is 4.30. The highest BCUT2D eigenvalue weighted by Crippen LogP contribution is 2.42. The summed E-state index contributed by atoms with van der Waals surface area (Å²) in [4.78, 5) is 4.73. The van der Waals surface area contributed by atoms with E-state index in [0.29, 0.717) is 11.8 Å². The number of hydrogen-bond acceptors (Lipinski definition) is 4. The second-order valence-electron chi connectivity index (χ2n) is 6.95. The second kappa shape index (κ2) is 6.06. The van der Waals surface area contributed by atoms with Crippen LogP contribution in [0.1, 0.15) is 49.9 Å². The number of methoxy groups -OCH3 is 2. The minimum Gasteiger partial charge on any atom is -0.493 e. The molecule has 2 aromatic heterocycles. The molecule has 2 heterocycles. The molecule has 4 rings (SSSR count). The molecule has 1 aromatic carbocycles. The molecule has 0 amide bonds. The van der Waals surface area contributed by atoms with Crippen LogP contribution in [0.15, 0.2) is 24.4 Å².